The van der Waals surface area contributed by atoms with Gasteiger partial charge in [-0.2, -0.15) is 0 Å². The molecule has 0 bridgehead atoms. The van der Waals surface area contributed by atoms with Gasteiger partial charge in [0.1, 0.15) is 5.75 Å². The molecular weight excluding hydrogens is 246 g/mol. The van der Waals surface area contributed by atoms with Crippen LogP contribution >= 0.6 is 0 Å². The lowest BCUT2D eigenvalue weighted by molar-refractivity contribution is 0.355. The number of ether oxygens (including phenoxy) is 1. The maximum Gasteiger partial charge on any atom is 0.123 e. The molecular formula is C18H23NO. The standard InChI is InChI=1S/C18H23NO/c1-18(11-5-6-12-18)19-13-16-15-8-4-3-7-14(15)9-10-17(16)20-2/h3-4,7-10,19H,5-6,11-13H2,1-2H3. The quantitative estimate of drug-likeness (QED) is 0.895. The van der Waals surface area contributed by atoms with Gasteiger partial charge in [0, 0.05) is 17.6 Å². The van der Waals surface area contributed by atoms with E-state index in [0.717, 1.165) is 12.3 Å². The molecule has 1 aliphatic rings. The van der Waals surface area contributed by atoms with E-state index >= 15 is 0 Å². The molecule has 0 amide bonds. The van der Waals surface area contributed by atoms with E-state index in [1.165, 1.54) is 42.0 Å². The zero-order valence-corrected chi connectivity index (χ0v) is 12.4. The van der Waals surface area contributed by atoms with E-state index in [2.05, 4.69) is 48.6 Å². The van der Waals surface area contributed by atoms with E-state index in [1.54, 1.807) is 7.11 Å². The van der Waals surface area contributed by atoms with Crippen LogP contribution in [-0.4, -0.2) is 12.6 Å². The molecule has 106 valence electrons. The summed E-state index contributed by atoms with van der Waals surface area (Å²) in [6.45, 7) is 3.22. The summed E-state index contributed by atoms with van der Waals surface area (Å²) in [5.74, 6) is 0.984. The largest absolute Gasteiger partial charge is 0.496 e. The van der Waals surface area contributed by atoms with Crippen LogP contribution in [0.15, 0.2) is 36.4 Å². The van der Waals surface area contributed by atoms with Crippen LogP contribution in [-0.2, 0) is 6.54 Å². The molecule has 0 heterocycles. The van der Waals surface area contributed by atoms with Crippen molar-refractivity contribution < 1.29 is 4.74 Å². The molecule has 1 aliphatic carbocycles. The molecule has 1 N–H and O–H groups in total. The molecule has 0 aliphatic heterocycles. The summed E-state index contributed by atoms with van der Waals surface area (Å²) >= 11 is 0. The Morgan fingerprint density at radius 2 is 1.85 bits per heavy atom. The van der Waals surface area contributed by atoms with E-state index < -0.39 is 0 Å². The van der Waals surface area contributed by atoms with Gasteiger partial charge in [0.15, 0.2) is 0 Å². The number of fused-ring (bicyclic) bond motifs is 1. The highest BCUT2D eigenvalue weighted by Gasteiger charge is 2.28. The van der Waals surface area contributed by atoms with Gasteiger partial charge in [-0.25, -0.2) is 0 Å². The lowest BCUT2D eigenvalue weighted by Gasteiger charge is -2.26. The fourth-order valence-corrected chi connectivity index (χ4v) is 3.32. The Morgan fingerprint density at radius 3 is 2.60 bits per heavy atom. The van der Waals surface area contributed by atoms with Crippen LogP contribution in [0.25, 0.3) is 10.8 Å². The molecule has 3 rings (SSSR count). The van der Waals surface area contributed by atoms with Gasteiger partial charge >= 0.3 is 0 Å². The topological polar surface area (TPSA) is 21.3 Å². The molecule has 2 heteroatoms. The number of nitrogens with one attached hydrogen (secondary N) is 1. The van der Waals surface area contributed by atoms with Crippen molar-refractivity contribution in [3.05, 3.63) is 42.0 Å². The van der Waals surface area contributed by atoms with Crippen LogP contribution in [0.1, 0.15) is 38.2 Å². The lowest BCUT2D eigenvalue weighted by Crippen LogP contribution is -2.38. The predicted molar refractivity (Wildman–Crippen MR) is 84.2 cm³/mol. The molecule has 0 saturated heterocycles. The molecule has 20 heavy (non-hydrogen) atoms. The smallest absolute Gasteiger partial charge is 0.123 e. The Hall–Kier alpha value is -1.54. The third-order valence-electron chi connectivity index (χ3n) is 4.62. The van der Waals surface area contributed by atoms with Crippen molar-refractivity contribution in [3.8, 4) is 5.75 Å². The highest BCUT2D eigenvalue weighted by molar-refractivity contribution is 5.87. The van der Waals surface area contributed by atoms with Crippen molar-refractivity contribution in [3.63, 3.8) is 0 Å². The van der Waals surface area contributed by atoms with E-state index in [1.807, 2.05) is 0 Å². The van der Waals surface area contributed by atoms with E-state index in [4.69, 9.17) is 4.74 Å². The maximum absolute atomic E-state index is 5.56. The van der Waals surface area contributed by atoms with Crippen LogP contribution in [0.3, 0.4) is 0 Å². The van der Waals surface area contributed by atoms with E-state index in [9.17, 15) is 0 Å². The maximum atomic E-state index is 5.56. The Balaban J connectivity index is 1.92. The summed E-state index contributed by atoms with van der Waals surface area (Å²) in [6, 6.07) is 12.7. The molecule has 0 unspecified atom stereocenters. The molecule has 1 fully saturated rings. The van der Waals surface area contributed by atoms with Crippen molar-refractivity contribution in [2.75, 3.05) is 7.11 Å². The highest BCUT2D eigenvalue weighted by atomic mass is 16.5. The van der Waals surface area contributed by atoms with Crippen LogP contribution in [0.5, 0.6) is 5.75 Å². The summed E-state index contributed by atoms with van der Waals surface area (Å²) in [7, 11) is 1.75. The number of hydrogen-bond acceptors (Lipinski definition) is 2. The minimum atomic E-state index is 0.294. The predicted octanol–water partition coefficient (Wildman–Crippen LogP) is 4.27. The molecule has 0 radical (unpaired) electrons. The van der Waals surface area contributed by atoms with Crippen molar-refractivity contribution in [1.29, 1.82) is 0 Å². The third kappa shape index (κ3) is 2.53. The molecule has 2 aromatic carbocycles. The SMILES string of the molecule is COc1ccc2ccccc2c1CNC1(C)CCCC1. The van der Waals surface area contributed by atoms with Gasteiger partial charge in [0.05, 0.1) is 7.11 Å². The zero-order chi connectivity index (χ0) is 14.0. The number of methoxy groups -OCH3 is 1. The summed E-state index contributed by atoms with van der Waals surface area (Å²) in [5.41, 5.74) is 1.57. The third-order valence-corrected chi connectivity index (χ3v) is 4.62. The molecule has 0 atom stereocenters. The van der Waals surface area contributed by atoms with Gasteiger partial charge in [-0.1, -0.05) is 43.2 Å². The van der Waals surface area contributed by atoms with Crippen LogP contribution in [0.4, 0.5) is 0 Å². The molecule has 1 saturated carbocycles. The van der Waals surface area contributed by atoms with Crippen molar-refractivity contribution in [2.45, 2.75) is 44.7 Å². The van der Waals surface area contributed by atoms with Crippen LogP contribution in [0, 0.1) is 0 Å². The average Bonchev–Trinajstić information content (AvgIpc) is 2.91. The normalized spacial score (nSPS) is 17.5. The lowest BCUT2D eigenvalue weighted by atomic mass is 9.98. The first-order valence-corrected chi connectivity index (χ1v) is 7.51. The van der Waals surface area contributed by atoms with Gasteiger partial charge < -0.3 is 10.1 Å². The summed E-state index contributed by atoms with van der Waals surface area (Å²) < 4.78 is 5.56. The summed E-state index contributed by atoms with van der Waals surface area (Å²) in [6.07, 6.45) is 5.24. The van der Waals surface area contributed by atoms with Crippen molar-refractivity contribution in [1.82, 2.24) is 5.32 Å². The zero-order valence-electron chi connectivity index (χ0n) is 12.4. The van der Waals surface area contributed by atoms with Gasteiger partial charge in [0.2, 0.25) is 0 Å². The number of hydrogen-bond donors (Lipinski definition) is 1. The monoisotopic (exact) mass is 269 g/mol. The number of rotatable bonds is 4. The fourth-order valence-electron chi connectivity index (χ4n) is 3.32. The van der Waals surface area contributed by atoms with Crippen molar-refractivity contribution in [2.24, 2.45) is 0 Å². The Bertz CT molecular complexity index is 599. The summed E-state index contributed by atoms with van der Waals surface area (Å²) in [4.78, 5) is 0. The Labute approximate surface area is 121 Å². The van der Waals surface area contributed by atoms with Crippen LogP contribution in [0.2, 0.25) is 0 Å². The van der Waals surface area contributed by atoms with Crippen LogP contribution < -0.4 is 10.1 Å². The highest BCUT2D eigenvalue weighted by Crippen LogP contribution is 2.32. The van der Waals surface area contributed by atoms with E-state index in [0.29, 0.717) is 5.54 Å². The second-order valence-corrected chi connectivity index (χ2v) is 6.09. The minimum Gasteiger partial charge on any atom is -0.496 e. The van der Waals surface area contributed by atoms with Crippen molar-refractivity contribution >= 4 is 10.8 Å². The Kier molecular flexibility index (Phi) is 3.66. The van der Waals surface area contributed by atoms with Gasteiger partial charge in [-0.15, -0.1) is 0 Å². The molecule has 2 aromatic rings. The molecule has 0 aromatic heterocycles. The first-order valence-electron chi connectivity index (χ1n) is 7.51. The average molecular weight is 269 g/mol. The summed E-state index contributed by atoms with van der Waals surface area (Å²) in [5, 5.41) is 6.33. The molecule has 2 nitrogen and oxygen atoms in total. The van der Waals surface area contributed by atoms with Gasteiger partial charge in [-0.05, 0) is 36.6 Å². The first kappa shape index (κ1) is 13.4. The van der Waals surface area contributed by atoms with Gasteiger partial charge in [-0.3, -0.25) is 0 Å². The number of benzene rings is 2. The molecule has 0 spiro atoms. The fraction of sp³-hybridized carbons (Fsp3) is 0.444. The second-order valence-electron chi connectivity index (χ2n) is 6.09. The second kappa shape index (κ2) is 5.45. The first-order chi connectivity index (χ1) is 9.72. The Morgan fingerprint density at radius 1 is 1.10 bits per heavy atom. The minimum absolute atomic E-state index is 0.294. The van der Waals surface area contributed by atoms with E-state index in [-0.39, 0.29) is 0 Å². The van der Waals surface area contributed by atoms with Gasteiger partial charge in [0.25, 0.3) is 0 Å².